The Morgan fingerprint density at radius 3 is 2.74 bits per heavy atom. The minimum absolute atomic E-state index is 0.181. The van der Waals surface area contributed by atoms with Gasteiger partial charge in [-0.05, 0) is 31.5 Å². The summed E-state index contributed by atoms with van der Waals surface area (Å²) in [5.74, 6) is -0.808. The van der Waals surface area contributed by atoms with Gasteiger partial charge in [-0.15, -0.1) is 0 Å². The van der Waals surface area contributed by atoms with E-state index in [4.69, 9.17) is 0 Å². The van der Waals surface area contributed by atoms with Crippen molar-refractivity contribution >= 4 is 17.5 Å². The van der Waals surface area contributed by atoms with Gasteiger partial charge < -0.3 is 5.32 Å². The third kappa shape index (κ3) is 2.59. The van der Waals surface area contributed by atoms with E-state index in [-0.39, 0.29) is 11.8 Å². The summed E-state index contributed by atoms with van der Waals surface area (Å²) < 4.78 is 13.3. The fraction of sp³-hybridized carbons (Fsp3) is 0.429. The van der Waals surface area contributed by atoms with Crippen molar-refractivity contribution in [2.75, 3.05) is 4.90 Å². The van der Waals surface area contributed by atoms with Crippen LogP contribution >= 0.6 is 0 Å². The normalized spacial score (nSPS) is 23.4. The second-order valence-corrected chi connectivity index (χ2v) is 4.71. The molecule has 2 amide bonds. The second kappa shape index (κ2) is 5.38. The molecule has 1 aliphatic heterocycles. The summed E-state index contributed by atoms with van der Waals surface area (Å²) in [7, 11) is 0. The van der Waals surface area contributed by atoms with Crippen LogP contribution in [0.4, 0.5) is 10.1 Å². The number of hydrogen-bond acceptors (Lipinski definition) is 2. The lowest BCUT2D eigenvalue weighted by Gasteiger charge is -2.37. The number of nitrogens with one attached hydrogen (secondary N) is 1. The van der Waals surface area contributed by atoms with Crippen LogP contribution in [0.3, 0.4) is 0 Å². The Balaban J connectivity index is 2.35. The average molecular weight is 264 g/mol. The van der Waals surface area contributed by atoms with Gasteiger partial charge in [0.15, 0.2) is 0 Å². The SMILES string of the molecule is CCCC1NC(=O)C(C)N(c2cccc(F)c2)C1=O. The predicted octanol–water partition coefficient (Wildman–Crippen LogP) is 1.85. The molecule has 2 atom stereocenters. The number of anilines is 1. The molecule has 1 fully saturated rings. The van der Waals surface area contributed by atoms with Gasteiger partial charge in [-0.25, -0.2) is 4.39 Å². The molecule has 1 heterocycles. The largest absolute Gasteiger partial charge is 0.342 e. The number of carbonyl (C=O) groups excluding carboxylic acids is 2. The van der Waals surface area contributed by atoms with Crippen LogP contribution in [0.5, 0.6) is 0 Å². The molecular weight excluding hydrogens is 247 g/mol. The van der Waals surface area contributed by atoms with Gasteiger partial charge in [-0.1, -0.05) is 19.4 Å². The number of carbonyl (C=O) groups is 2. The Hall–Kier alpha value is -1.91. The minimum atomic E-state index is -0.623. The number of rotatable bonds is 3. The molecule has 2 unspecified atom stereocenters. The van der Waals surface area contributed by atoms with Gasteiger partial charge in [0.05, 0.1) is 0 Å². The van der Waals surface area contributed by atoms with Gasteiger partial charge in [-0.3, -0.25) is 14.5 Å². The van der Waals surface area contributed by atoms with E-state index in [0.29, 0.717) is 12.1 Å². The van der Waals surface area contributed by atoms with Gasteiger partial charge >= 0.3 is 0 Å². The van der Waals surface area contributed by atoms with Crippen LogP contribution in [0, 0.1) is 5.82 Å². The van der Waals surface area contributed by atoms with Crippen LogP contribution in [0.15, 0.2) is 24.3 Å². The maximum atomic E-state index is 13.3. The monoisotopic (exact) mass is 264 g/mol. The van der Waals surface area contributed by atoms with Crippen molar-refractivity contribution in [1.29, 1.82) is 0 Å². The van der Waals surface area contributed by atoms with E-state index in [1.807, 2.05) is 6.92 Å². The Morgan fingerprint density at radius 2 is 2.11 bits per heavy atom. The van der Waals surface area contributed by atoms with Crippen LogP contribution in [-0.2, 0) is 9.59 Å². The summed E-state index contributed by atoms with van der Waals surface area (Å²) in [6.07, 6.45) is 1.38. The van der Waals surface area contributed by atoms with Crippen LogP contribution in [0.1, 0.15) is 26.7 Å². The molecule has 0 saturated carbocycles. The highest BCUT2D eigenvalue weighted by Gasteiger charge is 2.38. The quantitative estimate of drug-likeness (QED) is 0.905. The van der Waals surface area contributed by atoms with E-state index in [0.717, 1.165) is 6.42 Å². The zero-order chi connectivity index (χ0) is 14.0. The van der Waals surface area contributed by atoms with E-state index in [1.165, 1.54) is 23.1 Å². The Morgan fingerprint density at radius 1 is 1.37 bits per heavy atom. The van der Waals surface area contributed by atoms with E-state index in [9.17, 15) is 14.0 Å². The Labute approximate surface area is 111 Å². The first-order valence-corrected chi connectivity index (χ1v) is 6.43. The standard InChI is InChI=1S/C14H17FN2O2/c1-3-5-12-14(19)17(9(2)13(18)16-12)11-7-4-6-10(15)8-11/h4,6-9,12H,3,5H2,1-2H3,(H,16,18). The van der Waals surface area contributed by atoms with Crippen molar-refractivity contribution in [2.24, 2.45) is 0 Å². The zero-order valence-corrected chi connectivity index (χ0v) is 11.0. The van der Waals surface area contributed by atoms with Crippen molar-refractivity contribution in [2.45, 2.75) is 38.8 Å². The van der Waals surface area contributed by atoms with Crippen LogP contribution in [0.2, 0.25) is 0 Å². The number of halogens is 1. The highest BCUT2D eigenvalue weighted by atomic mass is 19.1. The molecule has 1 aliphatic rings. The van der Waals surface area contributed by atoms with Crippen LogP contribution in [0.25, 0.3) is 0 Å². The topological polar surface area (TPSA) is 49.4 Å². The highest BCUT2D eigenvalue weighted by molar-refractivity contribution is 6.08. The third-order valence-corrected chi connectivity index (χ3v) is 3.28. The lowest BCUT2D eigenvalue weighted by molar-refractivity contribution is -0.133. The third-order valence-electron chi connectivity index (χ3n) is 3.28. The smallest absolute Gasteiger partial charge is 0.250 e. The fourth-order valence-electron chi connectivity index (χ4n) is 2.29. The predicted molar refractivity (Wildman–Crippen MR) is 70.2 cm³/mol. The molecular formula is C14H17FN2O2. The molecule has 2 rings (SSSR count). The Kier molecular flexibility index (Phi) is 3.83. The maximum Gasteiger partial charge on any atom is 0.250 e. The molecule has 0 bridgehead atoms. The van der Waals surface area contributed by atoms with Crippen molar-refractivity contribution in [3.8, 4) is 0 Å². The summed E-state index contributed by atoms with van der Waals surface area (Å²) in [4.78, 5) is 25.6. The fourth-order valence-corrected chi connectivity index (χ4v) is 2.29. The first-order valence-electron chi connectivity index (χ1n) is 6.43. The molecule has 1 aromatic carbocycles. The van der Waals surface area contributed by atoms with E-state index < -0.39 is 17.9 Å². The van der Waals surface area contributed by atoms with Gasteiger partial charge in [0.1, 0.15) is 17.9 Å². The molecule has 5 heteroatoms. The minimum Gasteiger partial charge on any atom is -0.342 e. The molecule has 19 heavy (non-hydrogen) atoms. The first-order chi connectivity index (χ1) is 9.04. The molecule has 102 valence electrons. The van der Waals surface area contributed by atoms with Crippen LogP contribution in [-0.4, -0.2) is 23.9 Å². The molecule has 4 nitrogen and oxygen atoms in total. The summed E-state index contributed by atoms with van der Waals surface area (Å²) in [6, 6.07) is 4.62. The molecule has 1 saturated heterocycles. The molecule has 0 radical (unpaired) electrons. The second-order valence-electron chi connectivity index (χ2n) is 4.71. The number of piperazine rings is 1. The average Bonchev–Trinajstić information content (AvgIpc) is 2.36. The summed E-state index contributed by atoms with van der Waals surface area (Å²) in [5, 5.41) is 2.71. The number of nitrogens with zero attached hydrogens (tertiary/aromatic N) is 1. The maximum absolute atomic E-state index is 13.3. The van der Waals surface area contributed by atoms with Crippen molar-refractivity contribution in [1.82, 2.24) is 5.32 Å². The first kappa shape index (κ1) is 13.5. The van der Waals surface area contributed by atoms with Crippen molar-refractivity contribution < 1.29 is 14.0 Å². The molecule has 0 aromatic heterocycles. The lowest BCUT2D eigenvalue weighted by atomic mass is 10.0. The van der Waals surface area contributed by atoms with Gasteiger partial charge in [0, 0.05) is 5.69 Å². The number of amides is 2. The van der Waals surface area contributed by atoms with Gasteiger partial charge in [0.2, 0.25) is 11.8 Å². The summed E-state index contributed by atoms with van der Waals surface area (Å²) in [6.45, 7) is 3.59. The number of hydrogen-bond donors (Lipinski definition) is 1. The highest BCUT2D eigenvalue weighted by Crippen LogP contribution is 2.23. The summed E-state index contributed by atoms with van der Waals surface area (Å²) >= 11 is 0. The molecule has 0 aliphatic carbocycles. The van der Waals surface area contributed by atoms with Crippen LogP contribution < -0.4 is 10.2 Å². The summed E-state index contributed by atoms with van der Waals surface area (Å²) in [5.41, 5.74) is 0.424. The Bertz CT molecular complexity index is 504. The number of benzene rings is 1. The zero-order valence-electron chi connectivity index (χ0n) is 11.0. The van der Waals surface area contributed by atoms with Crippen molar-refractivity contribution in [3.05, 3.63) is 30.1 Å². The van der Waals surface area contributed by atoms with Gasteiger partial charge in [0.25, 0.3) is 0 Å². The van der Waals surface area contributed by atoms with E-state index >= 15 is 0 Å². The lowest BCUT2D eigenvalue weighted by Crippen LogP contribution is -2.62. The van der Waals surface area contributed by atoms with E-state index in [1.54, 1.807) is 13.0 Å². The van der Waals surface area contributed by atoms with E-state index in [2.05, 4.69) is 5.32 Å². The molecule has 1 N–H and O–H groups in total. The van der Waals surface area contributed by atoms with Crippen molar-refractivity contribution in [3.63, 3.8) is 0 Å². The molecule has 0 spiro atoms. The molecule has 1 aromatic rings. The van der Waals surface area contributed by atoms with Gasteiger partial charge in [-0.2, -0.15) is 0 Å².